The van der Waals surface area contributed by atoms with Gasteiger partial charge in [0.1, 0.15) is 0 Å². The number of hydrogen-bond donors (Lipinski definition) is 2. The number of hydrogen-bond acceptors (Lipinski definition) is 6. The molecule has 0 saturated carbocycles. The minimum Gasteiger partial charge on any atom is -0.465 e. The lowest BCUT2D eigenvalue weighted by molar-refractivity contribution is -0.136. The van der Waals surface area contributed by atoms with Crippen LogP contribution < -0.4 is 10.7 Å². The minimum absolute atomic E-state index is 0.334. The predicted octanol–water partition coefficient (Wildman–Crippen LogP) is 0.957. The van der Waals surface area contributed by atoms with Gasteiger partial charge in [-0.05, 0) is 30.3 Å². The lowest BCUT2D eigenvalue weighted by Gasteiger charge is -2.05. The first-order valence-electron chi connectivity index (χ1n) is 6.83. The fraction of sp³-hybridized carbons (Fsp3) is 0.0625. The second-order valence-electron chi connectivity index (χ2n) is 4.51. The van der Waals surface area contributed by atoms with Gasteiger partial charge in [0.15, 0.2) is 0 Å². The van der Waals surface area contributed by atoms with E-state index < -0.39 is 17.8 Å². The molecule has 8 heteroatoms. The molecule has 2 rings (SSSR count). The van der Waals surface area contributed by atoms with E-state index in [4.69, 9.17) is 0 Å². The van der Waals surface area contributed by atoms with Gasteiger partial charge in [-0.15, -0.1) is 0 Å². The van der Waals surface area contributed by atoms with Gasteiger partial charge in [0.25, 0.3) is 0 Å². The van der Waals surface area contributed by atoms with Crippen LogP contribution >= 0.6 is 0 Å². The standard InChI is InChI=1S/C16H14N4O4/c1-24-16(23)12-4-6-13(7-5-12)19-14(21)15(22)20-18-10-11-3-2-8-17-9-11/h2-10H,1H3,(H,19,21)(H,20,22)/b18-10-. The van der Waals surface area contributed by atoms with E-state index in [1.807, 2.05) is 0 Å². The second-order valence-corrected chi connectivity index (χ2v) is 4.51. The molecule has 1 aromatic carbocycles. The summed E-state index contributed by atoms with van der Waals surface area (Å²) < 4.78 is 4.57. The minimum atomic E-state index is -0.924. The Labute approximate surface area is 137 Å². The third-order valence-corrected chi connectivity index (χ3v) is 2.83. The van der Waals surface area contributed by atoms with Crippen LogP contribution in [0.25, 0.3) is 0 Å². The van der Waals surface area contributed by atoms with Crippen molar-refractivity contribution in [3.05, 3.63) is 59.9 Å². The molecular formula is C16H14N4O4. The maximum absolute atomic E-state index is 11.7. The number of benzene rings is 1. The molecule has 0 saturated heterocycles. The Morgan fingerprint density at radius 3 is 2.50 bits per heavy atom. The zero-order valence-electron chi connectivity index (χ0n) is 12.7. The van der Waals surface area contributed by atoms with E-state index in [0.717, 1.165) is 0 Å². The van der Waals surface area contributed by atoms with Crippen LogP contribution in [0, 0.1) is 0 Å². The molecule has 2 aromatic rings. The van der Waals surface area contributed by atoms with Crippen LogP contribution in [-0.4, -0.2) is 36.1 Å². The Morgan fingerprint density at radius 1 is 1.12 bits per heavy atom. The van der Waals surface area contributed by atoms with Crippen molar-refractivity contribution >= 4 is 29.7 Å². The van der Waals surface area contributed by atoms with Crippen molar-refractivity contribution in [3.63, 3.8) is 0 Å². The van der Waals surface area contributed by atoms with Crippen molar-refractivity contribution in [1.82, 2.24) is 10.4 Å². The summed E-state index contributed by atoms with van der Waals surface area (Å²) in [5.41, 5.74) is 3.48. The number of amides is 2. The molecule has 122 valence electrons. The Morgan fingerprint density at radius 2 is 1.88 bits per heavy atom. The Bertz CT molecular complexity index is 757. The predicted molar refractivity (Wildman–Crippen MR) is 86.4 cm³/mol. The van der Waals surface area contributed by atoms with Crippen molar-refractivity contribution in [2.24, 2.45) is 5.10 Å². The lowest BCUT2D eigenvalue weighted by atomic mass is 10.2. The third-order valence-electron chi connectivity index (χ3n) is 2.83. The molecule has 0 aliphatic heterocycles. The number of carbonyl (C=O) groups excluding carboxylic acids is 3. The summed E-state index contributed by atoms with van der Waals surface area (Å²) in [5, 5.41) is 6.05. The van der Waals surface area contributed by atoms with E-state index in [9.17, 15) is 14.4 Å². The molecule has 0 fully saturated rings. The Kier molecular flexibility index (Phi) is 5.73. The molecule has 2 N–H and O–H groups in total. The Balaban J connectivity index is 1.88. The van der Waals surface area contributed by atoms with Gasteiger partial charge in [-0.25, -0.2) is 10.2 Å². The third kappa shape index (κ3) is 4.73. The van der Waals surface area contributed by atoms with Gasteiger partial charge in [-0.1, -0.05) is 6.07 Å². The molecule has 0 aliphatic carbocycles. The highest BCUT2D eigenvalue weighted by molar-refractivity contribution is 6.39. The van der Waals surface area contributed by atoms with E-state index in [-0.39, 0.29) is 0 Å². The normalized spacial score (nSPS) is 10.2. The quantitative estimate of drug-likeness (QED) is 0.376. The highest BCUT2D eigenvalue weighted by Gasteiger charge is 2.13. The molecule has 1 aromatic heterocycles. The van der Waals surface area contributed by atoms with Crippen molar-refractivity contribution in [2.45, 2.75) is 0 Å². The van der Waals surface area contributed by atoms with E-state index >= 15 is 0 Å². The largest absolute Gasteiger partial charge is 0.465 e. The van der Waals surface area contributed by atoms with Crippen molar-refractivity contribution in [1.29, 1.82) is 0 Å². The highest BCUT2D eigenvalue weighted by atomic mass is 16.5. The molecule has 0 radical (unpaired) electrons. The number of pyridine rings is 1. The average Bonchev–Trinajstić information content (AvgIpc) is 2.62. The number of hydrazone groups is 1. The highest BCUT2D eigenvalue weighted by Crippen LogP contribution is 2.10. The van der Waals surface area contributed by atoms with Gasteiger partial charge in [0.05, 0.1) is 18.9 Å². The molecule has 24 heavy (non-hydrogen) atoms. The van der Waals surface area contributed by atoms with Crippen molar-refractivity contribution in [2.75, 3.05) is 12.4 Å². The number of nitrogens with zero attached hydrogens (tertiary/aromatic N) is 2. The first-order chi connectivity index (χ1) is 11.6. The maximum Gasteiger partial charge on any atom is 0.337 e. The second kappa shape index (κ2) is 8.18. The number of carbonyl (C=O) groups is 3. The molecule has 0 bridgehead atoms. The van der Waals surface area contributed by atoms with E-state index in [1.54, 1.807) is 24.5 Å². The summed E-state index contributed by atoms with van der Waals surface area (Å²) in [5.74, 6) is -2.30. The summed E-state index contributed by atoms with van der Waals surface area (Å²) in [6.45, 7) is 0. The summed E-state index contributed by atoms with van der Waals surface area (Å²) in [4.78, 5) is 38.5. The molecule has 2 amide bonds. The number of nitrogens with one attached hydrogen (secondary N) is 2. The molecule has 0 unspecified atom stereocenters. The summed E-state index contributed by atoms with van der Waals surface area (Å²) in [6.07, 6.45) is 4.52. The number of methoxy groups -OCH3 is 1. The maximum atomic E-state index is 11.7. The monoisotopic (exact) mass is 326 g/mol. The molecular weight excluding hydrogens is 312 g/mol. The van der Waals surface area contributed by atoms with Gasteiger partial charge in [0.2, 0.25) is 0 Å². The fourth-order valence-corrected chi connectivity index (χ4v) is 1.66. The number of aromatic nitrogens is 1. The zero-order chi connectivity index (χ0) is 17.4. The number of esters is 1. The van der Waals surface area contributed by atoms with Crippen LogP contribution in [-0.2, 0) is 14.3 Å². The van der Waals surface area contributed by atoms with E-state index in [0.29, 0.717) is 16.8 Å². The summed E-state index contributed by atoms with van der Waals surface area (Å²) in [7, 11) is 1.27. The SMILES string of the molecule is COC(=O)c1ccc(NC(=O)C(=O)N/N=C\c2cccnc2)cc1. The molecule has 1 heterocycles. The first-order valence-corrected chi connectivity index (χ1v) is 6.83. The molecule has 8 nitrogen and oxygen atoms in total. The number of ether oxygens (including phenoxy) is 1. The molecule has 0 aliphatic rings. The average molecular weight is 326 g/mol. The summed E-state index contributed by atoms with van der Waals surface area (Å²) >= 11 is 0. The lowest BCUT2D eigenvalue weighted by Crippen LogP contribution is -2.32. The van der Waals surface area contributed by atoms with Gasteiger partial charge in [-0.2, -0.15) is 5.10 Å². The van der Waals surface area contributed by atoms with Gasteiger partial charge in [-0.3, -0.25) is 14.6 Å². The fourth-order valence-electron chi connectivity index (χ4n) is 1.66. The van der Waals surface area contributed by atoms with Crippen LogP contribution in [0.3, 0.4) is 0 Å². The van der Waals surface area contributed by atoms with Crippen LogP contribution in [0.1, 0.15) is 15.9 Å². The van der Waals surface area contributed by atoms with Crippen LogP contribution in [0.2, 0.25) is 0 Å². The van der Waals surface area contributed by atoms with E-state index in [2.05, 4.69) is 25.6 Å². The number of rotatable bonds is 4. The zero-order valence-corrected chi connectivity index (χ0v) is 12.7. The van der Waals surface area contributed by atoms with Crippen LogP contribution in [0.15, 0.2) is 53.9 Å². The molecule has 0 atom stereocenters. The van der Waals surface area contributed by atoms with Crippen molar-refractivity contribution in [3.8, 4) is 0 Å². The van der Waals surface area contributed by atoms with E-state index in [1.165, 1.54) is 37.6 Å². The van der Waals surface area contributed by atoms with Crippen LogP contribution in [0.4, 0.5) is 5.69 Å². The smallest absolute Gasteiger partial charge is 0.337 e. The first kappa shape index (κ1) is 16.8. The van der Waals surface area contributed by atoms with Gasteiger partial charge >= 0.3 is 17.8 Å². The van der Waals surface area contributed by atoms with Crippen LogP contribution in [0.5, 0.6) is 0 Å². The van der Waals surface area contributed by atoms with Crippen molar-refractivity contribution < 1.29 is 19.1 Å². The van der Waals surface area contributed by atoms with Gasteiger partial charge in [0, 0.05) is 23.6 Å². The summed E-state index contributed by atoms with van der Waals surface area (Å²) in [6, 6.07) is 9.37. The topological polar surface area (TPSA) is 110 Å². The molecule has 0 spiro atoms. The van der Waals surface area contributed by atoms with Gasteiger partial charge < -0.3 is 10.1 Å². The number of anilines is 1. The Hall–Kier alpha value is -3.55.